The SMILES string of the molecule is CCNC(=O)Cn1c(C)nn(C(C)(C)C)c1=O. The molecule has 1 amide bonds. The normalized spacial score (nSPS) is 11.6. The number of hydrogen-bond acceptors (Lipinski definition) is 3. The van der Waals surface area contributed by atoms with Crippen molar-refractivity contribution in [3.63, 3.8) is 0 Å². The Morgan fingerprint density at radius 2 is 2.00 bits per heavy atom. The largest absolute Gasteiger partial charge is 0.355 e. The number of nitrogens with one attached hydrogen (secondary N) is 1. The van der Waals surface area contributed by atoms with Gasteiger partial charge in [-0.3, -0.25) is 9.36 Å². The molecule has 0 fully saturated rings. The van der Waals surface area contributed by atoms with E-state index in [2.05, 4.69) is 10.4 Å². The molecule has 17 heavy (non-hydrogen) atoms. The van der Waals surface area contributed by atoms with Gasteiger partial charge in [0.15, 0.2) is 0 Å². The van der Waals surface area contributed by atoms with Crippen LogP contribution in [0.15, 0.2) is 4.79 Å². The van der Waals surface area contributed by atoms with Gasteiger partial charge in [0.05, 0.1) is 5.54 Å². The minimum atomic E-state index is -0.381. The van der Waals surface area contributed by atoms with Crippen LogP contribution in [0.5, 0.6) is 0 Å². The van der Waals surface area contributed by atoms with Gasteiger partial charge in [-0.1, -0.05) is 0 Å². The molecule has 6 heteroatoms. The Hall–Kier alpha value is -1.59. The summed E-state index contributed by atoms with van der Waals surface area (Å²) >= 11 is 0. The monoisotopic (exact) mass is 240 g/mol. The van der Waals surface area contributed by atoms with Crippen LogP contribution in [-0.4, -0.2) is 26.8 Å². The Morgan fingerprint density at radius 1 is 1.41 bits per heavy atom. The highest BCUT2D eigenvalue weighted by molar-refractivity contribution is 5.75. The summed E-state index contributed by atoms with van der Waals surface area (Å²) in [7, 11) is 0. The molecule has 0 aromatic carbocycles. The average molecular weight is 240 g/mol. The minimum Gasteiger partial charge on any atom is -0.355 e. The second-order valence-corrected chi connectivity index (χ2v) is 4.95. The molecule has 1 aromatic rings. The molecule has 0 aliphatic heterocycles. The number of nitrogens with zero attached hydrogens (tertiary/aromatic N) is 3. The molecule has 96 valence electrons. The van der Waals surface area contributed by atoms with Crippen molar-refractivity contribution in [3.05, 3.63) is 16.3 Å². The number of carbonyl (C=O) groups is 1. The number of hydrogen-bond donors (Lipinski definition) is 1. The van der Waals surface area contributed by atoms with Crippen LogP contribution in [0.4, 0.5) is 0 Å². The minimum absolute atomic E-state index is 0.0224. The lowest BCUT2D eigenvalue weighted by Gasteiger charge is -2.16. The van der Waals surface area contributed by atoms with E-state index in [1.165, 1.54) is 9.25 Å². The summed E-state index contributed by atoms with van der Waals surface area (Å²) in [5.74, 6) is 0.377. The van der Waals surface area contributed by atoms with E-state index >= 15 is 0 Å². The maximum absolute atomic E-state index is 12.1. The third-order valence-electron chi connectivity index (χ3n) is 2.36. The number of amides is 1. The zero-order valence-electron chi connectivity index (χ0n) is 11.1. The fraction of sp³-hybridized carbons (Fsp3) is 0.727. The van der Waals surface area contributed by atoms with Crippen LogP contribution in [0.25, 0.3) is 0 Å². The lowest BCUT2D eigenvalue weighted by Crippen LogP contribution is -2.38. The van der Waals surface area contributed by atoms with E-state index in [1.54, 1.807) is 6.92 Å². The Morgan fingerprint density at radius 3 is 2.41 bits per heavy atom. The molecule has 1 N–H and O–H groups in total. The van der Waals surface area contributed by atoms with E-state index < -0.39 is 0 Å². The smallest absolute Gasteiger partial charge is 0.346 e. The second-order valence-electron chi connectivity index (χ2n) is 4.95. The van der Waals surface area contributed by atoms with Crippen molar-refractivity contribution in [2.24, 2.45) is 0 Å². The molecular formula is C11H20N4O2. The van der Waals surface area contributed by atoms with E-state index in [4.69, 9.17) is 0 Å². The molecular weight excluding hydrogens is 220 g/mol. The van der Waals surface area contributed by atoms with Gasteiger partial charge in [-0.2, -0.15) is 5.10 Å². The summed E-state index contributed by atoms with van der Waals surface area (Å²) in [6.45, 7) is 9.84. The summed E-state index contributed by atoms with van der Waals surface area (Å²) in [5.41, 5.74) is -0.629. The number of rotatable bonds is 3. The highest BCUT2D eigenvalue weighted by Crippen LogP contribution is 2.09. The molecule has 0 aliphatic carbocycles. The highest BCUT2D eigenvalue weighted by atomic mass is 16.2. The van der Waals surface area contributed by atoms with Crippen LogP contribution < -0.4 is 11.0 Å². The average Bonchev–Trinajstić information content (AvgIpc) is 2.45. The van der Waals surface area contributed by atoms with E-state index in [0.717, 1.165) is 0 Å². The number of carbonyl (C=O) groups excluding carboxylic acids is 1. The van der Waals surface area contributed by atoms with Gasteiger partial charge >= 0.3 is 5.69 Å². The standard InChI is InChI=1S/C11H20N4O2/c1-6-12-9(16)7-14-8(2)13-15(10(14)17)11(3,4)5/h6-7H2,1-5H3,(H,12,16). The van der Waals surface area contributed by atoms with Gasteiger partial charge in [0.1, 0.15) is 12.4 Å². The summed E-state index contributed by atoms with van der Waals surface area (Å²) < 4.78 is 2.79. The maximum atomic E-state index is 12.1. The second kappa shape index (κ2) is 4.73. The fourth-order valence-electron chi connectivity index (χ4n) is 1.51. The van der Waals surface area contributed by atoms with Crippen LogP contribution in [0.2, 0.25) is 0 Å². The summed E-state index contributed by atoms with van der Waals surface area (Å²) in [6, 6.07) is 0. The van der Waals surface area contributed by atoms with Crippen LogP contribution in [0.3, 0.4) is 0 Å². The van der Waals surface area contributed by atoms with E-state index in [-0.39, 0.29) is 23.7 Å². The molecule has 0 radical (unpaired) electrons. The van der Waals surface area contributed by atoms with Crippen molar-refractivity contribution in [1.29, 1.82) is 0 Å². The predicted octanol–water partition coefficient (Wildman–Crippen LogP) is 0.244. The van der Waals surface area contributed by atoms with Gasteiger partial charge in [0.25, 0.3) is 0 Å². The molecule has 0 atom stereocenters. The van der Waals surface area contributed by atoms with Crippen molar-refractivity contribution < 1.29 is 4.79 Å². The van der Waals surface area contributed by atoms with Crippen molar-refractivity contribution >= 4 is 5.91 Å². The van der Waals surface area contributed by atoms with Crippen molar-refractivity contribution in [3.8, 4) is 0 Å². The topological polar surface area (TPSA) is 68.9 Å². The summed E-state index contributed by atoms with van der Waals surface area (Å²) in [4.78, 5) is 23.5. The molecule has 0 unspecified atom stereocenters. The first-order valence-electron chi connectivity index (χ1n) is 5.71. The van der Waals surface area contributed by atoms with Gasteiger partial charge in [-0.15, -0.1) is 0 Å². The highest BCUT2D eigenvalue weighted by Gasteiger charge is 2.21. The predicted molar refractivity (Wildman–Crippen MR) is 64.9 cm³/mol. The fourth-order valence-corrected chi connectivity index (χ4v) is 1.51. The quantitative estimate of drug-likeness (QED) is 0.823. The lowest BCUT2D eigenvalue weighted by atomic mass is 10.1. The first-order valence-corrected chi connectivity index (χ1v) is 5.71. The van der Waals surface area contributed by atoms with Gasteiger partial charge in [0, 0.05) is 6.54 Å². The van der Waals surface area contributed by atoms with Crippen molar-refractivity contribution in [1.82, 2.24) is 19.7 Å². The van der Waals surface area contributed by atoms with Crippen LogP contribution in [0.1, 0.15) is 33.5 Å². The maximum Gasteiger partial charge on any atom is 0.346 e. The molecule has 6 nitrogen and oxygen atoms in total. The van der Waals surface area contributed by atoms with E-state index in [1.807, 2.05) is 27.7 Å². The van der Waals surface area contributed by atoms with Gasteiger partial charge in [0.2, 0.25) is 5.91 Å². The van der Waals surface area contributed by atoms with Crippen LogP contribution in [-0.2, 0) is 16.9 Å². The third kappa shape index (κ3) is 2.95. The molecule has 0 bridgehead atoms. The molecule has 1 heterocycles. The molecule has 1 rings (SSSR count). The molecule has 1 aromatic heterocycles. The Labute approximate surface area is 101 Å². The third-order valence-corrected chi connectivity index (χ3v) is 2.36. The zero-order valence-corrected chi connectivity index (χ0v) is 11.1. The van der Waals surface area contributed by atoms with Crippen LogP contribution in [0, 0.1) is 6.92 Å². The number of aromatic nitrogens is 3. The molecule has 0 aliphatic rings. The van der Waals surface area contributed by atoms with Crippen LogP contribution >= 0.6 is 0 Å². The zero-order chi connectivity index (χ0) is 13.2. The van der Waals surface area contributed by atoms with E-state index in [0.29, 0.717) is 12.4 Å². The van der Waals surface area contributed by atoms with E-state index in [9.17, 15) is 9.59 Å². The number of likely N-dealkylation sites (N-methyl/N-ethyl adjacent to an activating group) is 1. The van der Waals surface area contributed by atoms with Crippen molar-refractivity contribution in [2.45, 2.75) is 46.7 Å². The first-order chi connectivity index (χ1) is 7.77. The Bertz CT molecular complexity index is 465. The van der Waals surface area contributed by atoms with Gasteiger partial charge in [-0.05, 0) is 34.6 Å². The summed E-state index contributed by atoms with van der Waals surface area (Å²) in [6.07, 6.45) is 0. The molecule has 0 saturated carbocycles. The molecule has 0 saturated heterocycles. The van der Waals surface area contributed by atoms with Gasteiger partial charge in [-0.25, -0.2) is 9.48 Å². The lowest BCUT2D eigenvalue weighted by molar-refractivity contribution is -0.121. The van der Waals surface area contributed by atoms with Gasteiger partial charge < -0.3 is 5.32 Å². The molecule has 0 spiro atoms. The van der Waals surface area contributed by atoms with Crippen molar-refractivity contribution in [2.75, 3.05) is 6.54 Å². The Balaban J connectivity index is 3.07. The summed E-state index contributed by atoms with van der Waals surface area (Å²) in [5, 5.41) is 6.84. The Kier molecular flexibility index (Phi) is 3.75. The number of aryl methyl sites for hydroxylation is 1. The first kappa shape index (κ1) is 13.5.